The van der Waals surface area contributed by atoms with E-state index in [0.29, 0.717) is 5.92 Å². The van der Waals surface area contributed by atoms with Gasteiger partial charge in [0.15, 0.2) is 5.65 Å². The highest BCUT2D eigenvalue weighted by Gasteiger charge is 2.24. The second kappa shape index (κ2) is 8.50. The van der Waals surface area contributed by atoms with Crippen LogP contribution >= 0.6 is 11.6 Å². The normalized spacial score (nSPS) is 16.0. The van der Waals surface area contributed by atoms with Gasteiger partial charge < -0.3 is 9.30 Å². The number of rotatable bonds is 6. The fraction of sp³-hybridized carbons (Fsp3) is 0.455. The molecule has 148 valence electrons. The Labute approximate surface area is 171 Å². The highest BCUT2D eigenvalue weighted by atomic mass is 35.5. The van der Waals surface area contributed by atoms with Crippen LogP contribution in [0.2, 0.25) is 5.02 Å². The molecule has 6 heteroatoms. The maximum Gasteiger partial charge on any atom is 0.159 e. The first kappa shape index (κ1) is 19.2. The summed E-state index contributed by atoms with van der Waals surface area (Å²) < 4.78 is 8.08. The number of aromatic nitrogens is 3. The summed E-state index contributed by atoms with van der Waals surface area (Å²) in [6.07, 6.45) is 5.03. The number of benzene rings is 1. The number of piperidine rings is 1. The van der Waals surface area contributed by atoms with Gasteiger partial charge >= 0.3 is 0 Å². The van der Waals surface area contributed by atoms with Gasteiger partial charge in [-0.1, -0.05) is 18.5 Å². The van der Waals surface area contributed by atoms with Gasteiger partial charge in [-0.05, 0) is 74.2 Å². The standard InChI is InChI=1S/C22H27ClN4O/c1-3-13-28-20-7-6-17(23)14-18(20)16-8-11-27(12-9-16)15-21-25-19-5-4-10-24-22(19)26(21)2/h4-7,10,14,16H,3,8-9,11-13,15H2,1-2H3. The zero-order valence-electron chi connectivity index (χ0n) is 16.6. The maximum absolute atomic E-state index is 6.28. The number of ether oxygens (including phenoxy) is 1. The van der Waals surface area contributed by atoms with Gasteiger partial charge in [0, 0.05) is 18.3 Å². The number of pyridine rings is 1. The lowest BCUT2D eigenvalue weighted by molar-refractivity contribution is 0.196. The van der Waals surface area contributed by atoms with Crippen molar-refractivity contribution < 1.29 is 4.74 Å². The Kier molecular flexibility index (Phi) is 5.83. The highest BCUT2D eigenvalue weighted by Crippen LogP contribution is 2.36. The Hall–Kier alpha value is -2.11. The third kappa shape index (κ3) is 4.01. The molecule has 2 aromatic heterocycles. The monoisotopic (exact) mass is 398 g/mol. The third-order valence-electron chi connectivity index (χ3n) is 5.55. The van der Waals surface area contributed by atoms with Crippen molar-refractivity contribution in [2.75, 3.05) is 19.7 Å². The first-order chi connectivity index (χ1) is 13.7. The van der Waals surface area contributed by atoms with Gasteiger partial charge in [-0.2, -0.15) is 0 Å². The molecule has 0 unspecified atom stereocenters. The number of fused-ring (bicyclic) bond motifs is 1. The molecule has 0 spiro atoms. The smallest absolute Gasteiger partial charge is 0.159 e. The largest absolute Gasteiger partial charge is 0.493 e. The molecule has 3 heterocycles. The lowest BCUT2D eigenvalue weighted by atomic mass is 9.89. The van der Waals surface area contributed by atoms with Crippen LogP contribution in [-0.4, -0.2) is 39.1 Å². The zero-order valence-corrected chi connectivity index (χ0v) is 17.3. The SMILES string of the molecule is CCCOc1ccc(Cl)cc1C1CCN(Cc2nc3cccnc3n2C)CC1. The molecule has 0 aliphatic carbocycles. The van der Waals surface area contributed by atoms with Crippen molar-refractivity contribution in [3.63, 3.8) is 0 Å². The summed E-state index contributed by atoms with van der Waals surface area (Å²) in [7, 11) is 2.05. The minimum Gasteiger partial charge on any atom is -0.493 e. The predicted molar refractivity (Wildman–Crippen MR) is 113 cm³/mol. The molecule has 0 N–H and O–H groups in total. The van der Waals surface area contributed by atoms with E-state index in [1.807, 2.05) is 37.5 Å². The fourth-order valence-electron chi connectivity index (χ4n) is 4.00. The molecular weight excluding hydrogens is 372 g/mol. The minimum atomic E-state index is 0.490. The summed E-state index contributed by atoms with van der Waals surface area (Å²) >= 11 is 6.28. The molecule has 5 nitrogen and oxygen atoms in total. The van der Waals surface area contributed by atoms with Crippen molar-refractivity contribution in [2.24, 2.45) is 7.05 Å². The van der Waals surface area contributed by atoms with Crippen LogP contribution in [0.4, 0.5) is 0 Å². The Morgan fingerprint density at radius 1 is 1.21 bits per heavy atom. The van der Waals surface area contributed by atoms with Gasteiger partial charge in [-0.25, -0.2) is 9.97 Å². The lowest BCUT2D eigenvalue weighted by Gasteiger charge is -2.32. The van der Waals surface area contributed by atoms with Crippen molar-refractivity contribution >= 4 is 22.8 Å². The van der Waals surface area contributed by atoms with Crippen LogP contribution < -0.4 is 4.74 Å². The average Bonchev–Trinajstić information content (AvgIpc) is 3.03. The van der Waals surface area contributed by atoms with Crippen molar-refractivity contribution in [3.8, 4) is 5.75 Å². The van der Waals surface area contributed by atoms with E-state index in [4.69, 9.17) is 21.3 Å². The van der Waals surface area contributed by atoms with Gasteiger partial charge in [0.25, 0.3) is 0 Å². The number of hydrogen-bond acceptors (Lipinski definition) is 4. The lowest BCUT2D eigenvalue weighted by Crippen LogP contribution is -2.33. The highest BCUT2D eigenvalue weighted by molar-refractivity contribution is 6.30. The number of aryl methyl sites for hydroxylation is 1. The van der Waals surface area contributed by atoms with Crippen LogP contribution in [0, 0.1) is 0 Å². The summed E-state index contributed by atoms with van der Waals surface area (Å²) in [5, 5.41) is 0.786. The third-order valence-corrected chi connectivity index (χ3v) is 5.78. The molecule has 28 heavy (non-hydrogen) atoms. The first-order valence-corrected chi connectivity index (χ1v) is 10.4. The van der Waals surface area contributed by atoms with Crippen LogP contribution in [0.5, 0.6) is 5.75 Å². The molecule has 1 aromatic carbocycles. The molecule has 0 amide bonds. The molecule has 0 saturated carbocycles. The van der Waals surface area contributed by atoms with Crippen molar-refractivity contribution in [1.82, 2.24) is 19.4 Å². The molecule has 1 aliphatic rings. The average molecular weight is 399 g/mol. The number of imidazole rings is 1. The summed E-state index contributed by atoms with van der Waals surface area (Å²) in [6.45, 7) is 5.81. The predicted octanol–water partition coefficient (Wildman–Crippen LogP) is 4.79. The number of likely N-dealkylation sites (tertiary alicyclic amines) is 1. The van der Waals surface area contributed by atoms with Gasteiger partial charge in [-0.3, -0.25) is 4.90 Å². The second-order valence-electron chi connectivity index (χ2n) is 7.51. The minimum absolute atomic E-state index is 0.490. The summed E-state index contributed by atoms with van der Waals surface area (Å²) in [4.78, 5) is 11.7. The molecule has 0 radical (unpaired) electrons. The van der Waals surface area contributed by atoms with Crippen molar-refractivity contribution in [2.45, 2.75) is 38.6 Å². The van der Waals surface area contributed by atoms with Gasteiger partial charge in [0.1, 0.15) is 17.1 Å². The van der Waals surface area contributed by atoms with E-state index in [2.05, 4.69) is 27.4 Å². The number of halogens is 1. The molecular formula is C22H27ClN4O. The first-order valence-electron chi connectivity index (χ1n) is 10.1. The zero-order chi connectivity index (χ0) is 19.5. The summed E-state index contributed by atoms with van der Waals surface area (Å²) in [5.74, 6) is 2.55. The van der Waals surface area contributed by atoms with Crippen LogP contribution in [0.3, 0.4) is 0 Å². The second-order valence-corrected chi connectivity index (χ2v) is 7.95. The molecule has 1 fully saturated rings. The van der Waals surface area contributed by atoms with Crippen molar-refractivity contribution in [3.05, 3.63) is 52.9 Å². The van der Waals surface area contributed by atoms with Gasteiger partial charge in [0.2, 0.25) is 0 Å². The molecule has 1 saturated heterocycles. The molecule has 4 rings (SSSR count). The Bertz CT molecular complexity index is 947. The van der Waals surface area contributed by atoms with Gasteiger partial charge in [-0.15, -0.1) is 0 Å². The van der Waals surface area contributed by atoms with E-state index in [1.165, 1.54) is 5.56 Å². The van der Waals surface area contributed by atoms with E-state index in [1.54, 1.807) is 0 Å². The van der Waals surface area contributed by atoms with Crippen molar-refractivity contribution in [1.29, 1.82) is 0 Å². The van der Waals surface area contributed by atoms with E-state index in [0.717, 1.165) is 73.3 Å². The number of hydrogen-bond donors (Lipinski definition) is 0. The number of nitrogens with zero attached hydrogens (tertiary/aromatic N) is 4. The van der Waals surface area contributed by atoms with Crippen LogP contribution in [0.15, 0.2) is 36.5 Å². The van der Waals surface area contributed by atoms with E-state index < -0.39 is 0 Å². The maximum atomic E-state index is 6.28. The Morgan fingerprint density at radius 2 is 2.04 bits per heavy atom. The summed E-state index contributed by atoms with van der Waals surface area (Å²) in [6, 6.07) is 9.99. The quantitative estimate of drug-likeness (QED) is 0.598. The van der Waals surface area contributed by atoms with Gasteiger partial charge in [0.05, 0.1) is 13.2 Å². The molecule has 0 atom stereocenters. The Balaban J connectivity index is 1.43. The molecule has 1 aliphatic heterocycles. The molecule has 3 aromatic rings. The van der Waals surface area contributed by atoms with Crippen LogP contribution in [-0.2, 0) is 13.6 Å². The summed E-state index contributed by atoms with van der Waals surface area (Å²) in [5.41, 5.74) is 3.17. The Morgan fingerprint density at radius 3 is 2.79 bits per heavy atom. The van der Waals surface area contributed by atoms with Crippen LogP contribution in [0.1, 0.15) is 43.5 Å². The topological polar surface area (TPSA) is 43.2 Å². The molecule has 0 bridgehead atoms. The van der Waals surface area contributed by atoms with E-state index in [9.17, 15) is 0 Å². The van der Waals surface area contributed by atoms with E-state index >= 15 is 0 Å². The van der Waals surface area contributed by atoms with E-state index in [-0.39, 0.29) is 0 Å². The van der Waals surface area contributed by atoms with Crippen LogP contribution in [0.25, 0.3) is 11.2 Å². The fourth-order valence-corrected chi connectivity index (χ4v) is 4.18.